The topological polar surface area (TPSA) is 75.3 Å². The van der Waals surface area contributed by atoms with E-state index < -0.39 is 10.0 Å². The number of benzene rings is 3. The first-order valence-electron chi connectivity index (χ1n) is 8.93. The number of nitrogens with one attached hydrogen (secondary N) is 2. The maximum Gasteiger partial charge on any atom is 0.261 e. The first-order valence-corrected chi connectivity index (χ1v) is 13.1. The molecule has 0 aliphatic rings. The lowest BCUT2D eigenvalue weighted by atomic mass is 10.2. The minimum atomic E-state index is -3.84. The number of rotatable bonds is 8. The van der Waals surface area contributed by atoms with Gasteiger partial charge in [-0.25, -0.2) is 8.42 Å². The Kier molecular flexibility index (Phi) is 8.30. The zero-order chi connectivity index (χ0) is 22.4. The molecule has 3 rings (SSSR count). The minimum absolute atomic E-state index is 0.0427. The molecule has 0 aliphatic carbocycles. The third-order valence-electron chi connectivity index (χ3n) is 4.04. The Morgan fingerprint density at radius 1 is 0.968 bits per heavy atom. The predicted molar refractivity (Wildman–Crippen MR) is 133 cm³/mol. The van der Waals surface area contributed by atoms with Crippen molar-refractivity contribution in [2.45, 2.75) is 10.6 Å². The molecule has 0 aliphatic heterocycles. The Hall–Kier alpha value is -1.71. The Balaban J connectivity index is 1.55. The Labute approximate surface area is 203 Å². The van der Waals surface area contributed by atoms with Crippen LogP contribution in [0.5, 0.6) is 0 Å². The highest BCUT2D eigenvalue weighted by Gasteiger charge is 2.16. The normalized spacial score (nSPS) is 11.2. The van der Waals surface area contributed by atoms with Crippen molar-refractivity contribution in [3.05, 3.63) is 86.8 Å². The van der Waals surface area contributed by atoms with Crippen LogP contribution in [0.1, 0.15) is 5.56 Å². The first kappa shape index (κ1) is 23.9. The van der Waals surface area contributed by atoms with Crippen molar-refractivity contribution in [2.75, 3.05) is 15.8 Å². The van der Waals surface area contributed by atoms with E-state index in [9.17, 15) is 13.2 Å². The summed E-state index contributed by atoms with van der Waals surface area (Å²) in [7, 11) is -3.84. The lowest BCUT2D eigenvalue weighted by Gasteiger charge is -2.11. The van der Waals surface area contributed by atoms with Gasteiger partial charge in [0, 0.05) is 20.9 Å². The molecule has 162 valence electrons. The van der Waals surface area contributed by atoms with Crippen LogP contribution >= 0.6 is 50.9 Å². The summed E-state index contributed by atoms with van der Waals surface area (Å²) in [4.78, 5) is 12.2. The molecule has 0 unspecified atom stereocenters. The smallest absolute Gasteiger partial charge is 0.261 e. The summed E-state index contributed by atoms with van der Waals surface area (Å²) >= 11 is 16.7. The van der Waals surface area contributed by atoms with Gasteiger partial charge in [0.15, 0.2) is 0 Å². The van der Waals surface area contributed by atoms with Crippen molar-refractivity contribution in [1.82, 2.24) is 0 Å². The van der Waals surface area contributed by atoms with Gasteiger partial charge in [0.25, 0.3) is 10.0 Å². The maximum atomic E-state index is 12.6. The molecule has 0 radical (unpaired) electrons. The average Bonchev–Trinajstić information content (AvgIpc) is 2.72. The molecule has 0 spiro atoms. The number of halogens is 3. The van der Waals surface area contributed by atoms with Crippen LogP contribution in [0, 0.1) is 0 Å². The number of carbonyl (C=O) groups is 1. The fraction of sp³-hybridized carbons (Fsp3) is 0.0952. The van der Waals surface area contributed by atoms with E-state index in [-0.39, 0.29) is 27.3 Å². The van der Waals surface area contributed by atoms with E-state index in [4.69, 9.17) is 23.2 Å². The maximum absolute atomic E-state index is 12.6. The third kappa shape index (κ3) is 7.15. The number of anilines is 2. The minimum Gasteiger partial charge on any atom is -0.325 e. The molecule has 0 atom stereocenters. The highest BCUT2D eigenvalue weighted by atomic mass is 79.9. The van der Waals surface area contributed by atoms with E-state index >= 15 is 0 Å². The summed E-state index contributed by atoms with van der Waals surface area (Å²) in [6.45, 7) is 0. The highest BCUT2D eigenvalue weighted by Crippen LogP contribution is 2.28. The molecule has 0 aromatic heterocycles. The zero-order valence-corrected chi connectivity index (χ0v) is 20.7. The number of sulfonamides is 1. The molecular weight excluding hydrogens is 543 g/mol. The molecule has 3 aromatic rings. The number of amides is 1. The second-order valence-electron chi connectivity index (χ2n) is 6.42. The first-order chi connectivity index (χ1) is 14.7. The molecular formula is C21H17BrCl2N2O3S2. The highest BCUT2D eigenvalue weighted by molar-refractivity contribution is 9.10. The Bertz CT molecular complexity index is 1170. The van der Waals surface area contributed by atoms with E-state index in [1.165, 1.54) is 48.2 Å². The predicted octanol–water partition coefficient (Wildman–Crippen LogP) is 6.43. The van der Waals surface area contributed by atoms with Crippen molar-refractivity contribution < 1.29 is 13.2 Å². The number of hydrogen-bond donors (Lipinski definition) is 2. The van der Waals surface area contributed by atoms with Gasteiger partial charge in [-0.05, 0) is 60.2 Å². The van der Waals surface area contributed by atoms with Crippen molar-refractivity contribution in [3.63, 3.8) is 0 Å². The van der Waals surface area contributed by atoms with Gasteiger partial charge in [-0.3, -0.25) is 9.52 Å². The van der Waals surface area contributed by atoms with Crippen LogP contribution in [0.25, 0.3) is 0 Å². The van der Waals surface area contributed by atoms with Crippen molar-refractivity contribution in [3.8, 4) is 0 Å². The molecule has 0 saturated carbocycles. The van der Waals surface area contributed by atoms with Gasteiger partial charge in [0.05, 0.1) is 21.4 Å². The third-order valence-corrected chi connectivity index (χ3v) is 7.50. The quantitative estimate of drug-likeness (QED) is 0.333. The van der Waals surface area contributed by atoms with Crippen LogP contribution in [0.3, 0.4) is 0 Å². The van der Waals surface area contributed by atoms with E-state index in [0.717, 1.165) is 15.8 Å². The SMILES string of the molecule is O=C(CSCc1ccc(Br)cc1)Nc1ccc(S(=O)(=O)Nc2ccc(Cl)cc2Cl)cc1. The van der Waals surface area contributed by atoms with Crippen molar-refractivity contribution in [1.29, 1.82) is 0 Å². The zero-order valence-electron chi connectivity index (χ0n) is 15.9. The average molecular weight is 560 g/mol. The van der Waals surface area contributed by atoms with Gasteiger partial charge in [-0.1, -0.05) is 51.3 Å². The summed E-state index contributed by atoms with van der Waals surface area (Å²) < 4.78 is 28.6. The molecule has 0 heterocycles. The molecule has 1 amide bonds. The van der Waals surface area contributed by atoms with Gasteiger partial charge in [0.2, 0.25) is 5.91 Å². The monoisotopic (exact) mass is 558 g/mol. The second kappa shape index (κ2) is 10.7. The molecule has 5 nitrogen and oxygen atoms in total. The Morgan fingerprint density at radius 2 is 1.65 bits per heavy atom. The summed E-state index contributed by atoms with van der Waals surface area (Å²) in [5.74, 6) is 0.840. The second-order valence-corrected chi connectivity index (χ2v) is 10.8. The molecule has 31 heavy (non-hydrogen) atoms. The van der Waals surface area contributed by atoms with Crippen molar-refractivity contribution in [2.24, 2.45) is 0 Å². The molecule has 10 heteroatoms. The lowest BCUT2D eigenvalue weighted by Crippen LogP contribution is -2.15. The summed E-state index contributed by atoms with van der Waals surface area (Å²) in [6, 6.07) is 18.3. The molecule has 0 saturated heterocycles. The van der Waals surface area contributed by atoms with Gasteiger partial charge in [-0.2, -0.15) is 0 Å². The fourth-order valence-electron chi connectivity index (χ4n) is 2.53. The summed E-state index contributed by atoms with van der Waals surface area (Å²) in [5, 5.41) is 3.36. The lowest BCUT2D eigenvalue weighted by molar-refractivity contribution is -0.113. The number of thioether (sulfide) groups is 1. The van der Waals surface area contributed by atoms with E-state index in [1.54, 1.807) is 6.07 Å². The fourth-order valence-corrected chi connectivity index (χ4v) is 5.18. The standard InChI is InChI=1S/C21H17BrCl2N2O3S2/c22-15-3-1-14(2-4-15)12-30-13-21(27)25-17-6-8-18(9-7-17)31(28,29)26-20-10-5-16(23)11-19(20)24/h1-11,26H,12-13H2,(H,25,27). The summed E-state index contributed by atoms with van der Waals surface area (Å²) in [6.07, 6.45) is 0. The van der Waals surface area contributed by atoms with E-state index in [2.05, 4.69) is 26.0 Å². The van der Waals surface area contributed by atoms with Crippen LogP contribution in [0.15, 0.2) is 76.1 Å². The van der Waals surface area contributed by atoms with Crippen LogP contribution in [-0.2, 0) is 20.6 Å². The molecule has 3 aromatic carbocycles. The molecule has 0 fully saturated rings. The number of carbonyl (C=O) groups excluding carboxylic acids is 1. The van der Waals surface area contributed by atoms with Crippen LogP contribution < -0.4 is 10.0 Å². The summed E-state index contributed by atoms with van der Waals surface area (Å²) in [5.41, 5.74) is 1.87. The van der Waals surface area contributed by atoms with Crippen LogP contribution in [-0.4, -0.2) is 20.1 Å². The molecule has 0 bridgehead atoms. The van der Waals surface area contributed by atoms with Gasteiger partial charge >= 0.3 is 0 Å². The Morgan fingerprint density at radius 3 is 2.29 bits per heavy atom. The van der Waals surface area contributed by atoms with Gasteiger partial charge < -0.3 is 5.32 Å². The number of hydrogen-bond acceptors (Lipinski definition) is 4. The van der Waals surface area contributed by atoms with E-state index in [0.29, 0.717) is 10.7 Å². The van der Waals surface area contributed by atoms with Crippen LogP contribution in [0.2, 0.25) is 10.0 Å². The molecule has 2 N–H and O–H groups in total. The van der Waals surface area contributed by atoms with Crippen molar-refractivity contribution >= 4 is 78.2 Å². The van der Waals surface area contributed by atoms with E-state index in [1.807, 2.05) is 24.3 Å². The van der Waals surface area contributed by atoms with Gasteiger partial charge in [-0.15, -0.1) is 11.8 Å². The van der Waals surface area contributed by atoms with Crippen LogP contribution in [0.4, 0.5) is 11.4 Å². The largest absolute Gasteiger partial charge is 0.325 e. The van der Waals surface area contributed by atoms with Gasteiger partial charge in [0.1, 0.15) is 0 Å².